The van der Waals surface area contributed by atoms with E-state index in [4.69, 9.17) is 16.6 Å². The highest BCUT2D eigenvalue weighted by Gasteiger charge is 2.17. The van der Waals surface area contributed by atoms with Gasteiger partial charge in [0.25, 0.3) is 0 Å². The van der Waals surface area contributed by atoms with Crippen LogP contribution in [0.2, 0.25) is 5.02 Å². The molecule has 1 unspecified atom stereocenters. The van der Waals surface area contributed by atoms with Gasteiger partial charge < -0.3 is 9.88 Å². The first kappa shape index (κ1) is 14.9. The molecule has 1 aromatic carbocycles. The van der Waals surface area contributed by atoms with Gasteiger partial charge in [-0.1, -0.05) is 11.6 Å². The van der Waals surface area contributed by atoms with E-state index >= 15 is 0 Å². The molecule has 1 N–H and O–H groups in total. The van der Waals surface area contributed by atoms with Gasteiger partial charge >= 0.3 is 0 Å². The van der Waals surface area contributed by atoms with Gasteiger partial charge in [0.05, 0.1) is 11.0 Å². The fraction of sp³-hybridized carbons (Fsp3) is 0.588. The molecule has 114 valence electrons. The Morgan fingerprint density at radius 1 is 1.43 bits per heavy atom. The summed E-state index contributed by atoms with van der Waals surface area (Å²) in [6.07, 6.45) is 4.93. The summed E-state index contributed by atoms with van der Waals surface area (Å²) in [5.41, 5.74) is 2.22. The first-order valence-electron chi connectivity index (χ1n) is 8.02. The molecule has 4 heteroatoms. The highest BCUT2D eigenvalue weighted by molar-refractivity contribution is 6.31. The average molecular weight is 306 g/mol. The van der Waals surface area contributed by atoms with E-state index in [0.29, 0.717) is 6.04 Å². The molecule has 0 radical (unpaired) electrons. The van der Waals surface area contributed by atoms with Crippen LogP contribution in [-0.2, 0) is 6.42 Å². The Kier molecular flexibility index (Phi) is 4.51. The molecule has 2 aromatic rings. The number of hydrogen-bond donors (Lipinski definition) is 1. The molecule has 2 heterocycles. The first-order chi connectivity index (χ1) is 10.1. The van der Waals surface area contributed by atoms with E-state index in [-0.39, 0.29) is 0 Å². The Balaban J connectivity index is 1.84. The van der Waals surface area contributed by atoms with E-state index in [9.17, 15) is 0 Å². The Labute approximate surface area is 131 Å². The number of piperidine rings is 1. The van der Waals surface area contributed by atoms with Crippen LogP contribution in [0, 0.1) is 5.92 Å². The van der Waals surface area contributed by atoms with E-state index in [2.05, 4.69) is 29.8 Å². The number of fused-ring (bicyclic) bond motifs is 1. The summed E-state index contributed by atoms with van der Waals surface area (Å²) in [7, 11) is 0. The number of hydrogen-bond acceptors (Lipinski definition) is 2. The third-order valence-electron chi connectivity index (χ3n) is 4.42. The molecule has 1 aromatic heterocycles. The van der Waals surface area contributed by atoms with Gasteiger partial charge in [-0.15, -0.1) is 0 Å². The van der Waals surface area contributed by atoms with E-state index in [1.54, 1.807) is 0 Å². The summed E-state index contributed by atoms with van der Waals surface area (Å²) in [4.78, 5) is 4.84. The molecule has 0 spiro atoms. The van der Waals surface area contributed by atoms with E-state index in [1.807, 2.05) is 12.1 Å². The van der Waals surface area contributed by atoms with Crippen molar-refractivity contribution in [1.29, 1.82) is 0 Å². The quantitative estimate of drug-likeness (QED) is 0.917. The standard InChI is InChI=1S/C17H24ClN3/c1-12(2)21-16-7-6-14(18)10-15(16)20-17(21)8-5-13-4-3-9-19-11-13/h6-7,10,12-13,19H,3-5,8-9,11H2,1-2H3. The van der Waals surface area contributed by atoms with Gasteiger partial charge in [-0.25, -0.2) is 4.98 Å². The highest BCUT2D eigenvalue weighted by Crippen LogP contribution is 2.26. The van der Waals surface area contributed by atoms with E-state index in [0.717, 1.165) is 29.4 Å². The van der Waals surface area contributed by atoms with Crippen molar-refractivity contribution < 1.29 is 0 Å². The van der Waals surface area contributed by atoms with Crippen molar-refractivity contribution in [3.8, 4) is 0 Å². The van der Waals surface area contributed by atoms with Gasteiger partial charge in [-0.2, -0.15) is 0 Å². The summed E-state index contributed by atoms with van der Waals surface area (Å²) < 4.78 is 2.36. The van der Waals surface area contributed by atoms with Gasteiger partial charge in [-0.05, 0) is 70.3 Å². The molecule has 21 heavy (non-hydrogen) atoms. The van der Waals surface area contributed by atoms with Crippen LogP contribution < -0.4 is 5.32 Å². The minimum Gasteiger partial charge on any atom is -0.325 e. The smallest absolute Gasteiger partial charge is 0.110 e. The molecular weight excluding hydrogens is 282 g/mol. The zero-order chi connectivity index (χ0) is 14.8. The SMILES string of the molecule is CC(C)n1c(CCC2CCCNC2)nc2cc(Cl)ccc21. The molecule has 1 aliphatic rings. The van der Waals surface area contributed by atoms with Crippen LogP contribution in [0.25, 0.3) is 11.0 Å². The molecule has 0 bridgehead atoms. The van der Waals surface area contributed by atoms with Crippen molar-refractivity contribution in [2.24, 2.45) is 5.92 Å². The van der Waals surface area contributed by atoms with Crippen LogP contribution >= 0.6 is 11.6 Å². The van der Waals surface area contributed by atoms with Crippen molar-refractivity contribution in [2.45, 2.75) is 45.6 Å². The lowest BCUT2D eigenvalue weighted by atomic mass is 9.94. The number of benzene rings is 1. The van der Waals surface area contributed by atoms with Crippen LogP contribution in [0.15, 0.2) is 18.2 Å². The lowest BCUT2D eigenvalue weighted by molar-refractivity contribution is 0.354. The lowest BCUT2D eigenvalue weighted by Crippen LogP contribution is -2.30. The lowest BCUT2D eigenvalue weighted by Gasteiger charge is -2.23. The van der Waals surface area contributed by atoms with Crippen LogP contribution in [0.5, 0.6) is 0 Å². The van der Waals surface area contributed by atoms with Crippen molar-refractivity contribution in [2.75, 3.05) is 13.1 Å². The third kappa shape index (κ3) is 3.24. The van der Waals surface area contributed by atoms with Crippen LogP contribution in [0.1, 0.15) is 45.0 Å². The summed E-state index contributed by atoms with van der Waals surface area (Å²) in [5, 5.41) is 4.26. The number of rotatable bonds is 4. The Morgan fingerprint density at radius 3 is 3.00 bits per heavy atom. The van der Waals surface area contributed by atoms with Gasteiger partial charge in [0.2, 0.25) is 0 Å². The molecule has 1 atom stereocenters. The second-order valence-corrected chi connectivity index (χ2v) is 6.81. The molecule has 1 fully saturated rings. The fourth-order valence-corrected chi connectivity index (χ4v) is 3.54. The zero-order valence-electron chi connectivity index (χ0n) is 12.9. The third-order valence-corrected chi connectivity index (χ3v) is 4.65. The maximum Gasteiger partial charge on any atom is 0.110 e. The Hall–Kier alpha value is -1.06. The molecule has 0 saturated carbocycles. The fourth-order valence-electron chi connectivity index (χ4n) is 3.38. The van der Waals surface area contributed by atoms with Gasteiger partial charge in [0.1, 0.15) is 5.82 Å². The van der Waals surface area contributed by atoms with E-state index < -0.39 is 0 Å². The molecule has 0 aliphatic carbocycles. The number of nitrogens with one attached hydrogen (secondary N) is 1. The average Bonchev–Trinajstić information content (AvgIpc) is 2.83. The van der Waals surface area contributed by atoms with E-state index in [1.165, 1.54) is 37.1 Å². The monoisotopic (exact) mass is 305 g/mol. The zero-order valence-corrected chi connectivity index (χ0v) is 13.7. The molecule has 1 saturated heterocycles. The van der Waals surface area contributed by atoms with Crippen molar-refractivity contribution in [1.82, 2.24) is 14.9 Å². The molecule has 1 aliphatic heterocycles. The summed E-state index contributed by atoms with van der Waals surface area (Å²) >= 11 is 6.10. The molecular formula is C17H24ClN3. The second-order valence-electron chi connectivity index (χ2n) is 6.38. The van der Waals surface area contributed by atoms with Crippen LogP contribution in [0.4, 0.5) is 0 Å². The summed E-state index contributed by atoms with van der Waals surface area (Å²) in [5.74, 6) is 2.00. The first-order valence-corrected chi connectivity index (χ1v) is 8.40. The summed E-state index contributed by atoms with van der Waals surface area (Å²) in [6.45, 7) is 6.79. The van der Waals surface area contributed by atoms with Gasteiger partial charge in [-0.3, -0.25) is 0 Å². The topological polar surface area (TPSA) is 29.9 Å². The highest BCUT2D eigenvalue weighted by atomic mass is 35.5. The number of nitrogens with zero attached hydrogens (tertiary/aromatic N) is 2. The minimum atomic E-state index is 0.427. The van der Waals surface area contributed by atoms with Crippen molar-refractivity contribution >= 4 is 22.6 Å². The number of aromatic nitrogens is 2. The predicted octanol–water partition coefficient (Wildman–Crippen LogP) is 4.20. The Bertz CT molecular complexity index is 612. The number of aryl methyl sites for hydroxylation is 1. The maximum absolute atomic E-state index is 6.10. The number of halogens is 1. The molecule has 3 rings (SSSR count). The van der Waals surface area contributed by atoms with Crippen LogP contribution in [-0.4, -0.2) is 22.6 Å². The van der Waals surface area contributed by atoms with Gasteiger partial charge in [0, 0.05) is 17.5 Å². The second kappa shape index (κ2) is 6.37. The molecule has 3 nitrogen and oxygen atoms in total. The van der Waals surface area contributed by atoms with Crippen LogP contribution in [0.3, 0.4) is 0 Å². The Morgan fingerprint density at radius 2 is 2.29 bits per heavy atom. The minimum absolute atomic E-state index is 0.427. The molecule has 0 amide bonds. The normalized spacial score (nSPS) is 19.5. The van der Waals surface area contributed by atoms with Gasteiger partial charge in [0.15, 0.2) is 0 Å². The number of imidazole rings is 1. The van der Waals surface area contributed by atoms with Crippen molar-refractivity contribution in [3.05, 3.63) is 29.0 Å². The predicted molar refractivity (Wildman–Crippen MR) is 89.0 cm³/mol. The van der Waals surface area contributed by atoms with Crippen molar-refractivity contribution in [3.63, 3.8) is 0 Å². The largest absolute Gasteiger partial charge is 0.325 e. The maximum atomic E-state index is 6.10. The summed E-state index contributed by atoms with van der Waals surface area (Å²) in [6, 6.07) is 6.45.